The van der Waals surface area contributed by atoms with E-state index in [0.29, 0.717) is 17.1 Å². The smallest absolute Gasteiger partial charge is 0.262 e. The minimum atomic E-state index is -0.177. The molecule has 0 amide bonds. The molecular weight excluding hydrogens is 306 g/mol. The van der Waals surface area contributed by atoms with Crippen molar-refractivity contribution < 1.29 is 19.4 Å². The van der Waals surface area contributed by atoms with Gasteiger partial charge in [-0.05, 0) is 31.2 Å². The molecule has 0 saturated heterocycles. The summed E-state index contributed by atoms with van der Waals surface area (Å²) in [4.78, 5) is 13.1. The summed E-state index contributed by atoms with van der Waals surface area (Å²) >= 11 is 0. The van der Waals surface area contributed by atoms with Crippen molar-refractivity contribution in [3.05, 3.63) is 59.3 Å². The quantitative estimate of drug-likeness (QED) is 0.800. The molecule has 0 aliphatic rings. The molecule has 3 rings (SSSR count). The molecule has 0 aliphatic heterocycles. The Morgan fingerprint density at radius 3 is 2.46 bits per heavy atom. The molecule has 0 fully saturated rings. The normalized spacial score (nSPS) is 10.8. The number of rotatable bonds is 4. The van der Waals surface area contributed by atoms with E-state index in [1.807, 2.05) is 31.2 Å². The number of para-hydroxylation sites is 1. The van der Waals surface area contributed by atoms with Gasteiger partial charge in [-0.2, -0.15) is 0 Å². The molecule has 0 spiro atoms. The zero-order valence-corrected chi connectivity index (χ0v) is 13.9. The Hall–Kier alpha value is -2.79. The van der Waals surface area contributed by atoms with Gasteiger partial charge in [0.1, 0.15) is 0 Å². The van der Waals surface area contributed by atoms with E-state index in [1.165, 1.54) is 7.11 Å². The van der Waals surface area contributed by atoms with Gasteiger partial charge in [-0.1, -0.05) is 18.2 Å². The van der Waals surface area contributed by atoms with Crippen LogP contribution in [0.15, 0.2) is 42.5 Å². The van der Waals surface area contributed by atoms with Crippen molar-refractivity contribution >= 4 is 16.8 Å². The molecule has 24 heavy (non-hydrogen) atoms. The molecule has 124 valence electrons. The van der Waals surface area contributed by atoms with Crippen LogP contribution in [0, 0.1) is 6.92 Å². The Balaban J connectivity index is 2.18. The molecule has 0 radical (unpaired) electrons. The SMILES string of the molecule is COc1ccc(C(=O)n2c(C)c(CO)c3ccccc32)cc1OC. The third kappa shape index (κ3) is 2.43. The van der Waals surface area contributed by atoms with E-state index in [-0.39, 0.29) is 12.5 Å². The topological polar surface area (TPSA) is 60.7 Å². The lowest BCUT2D eigenvalue weighted by Gasteiger charge is -2.11. The molecule has 0 bridgehead atoms. The van der Waals surface area contributed by atoms with Gasteiger partial charge in [0.2, 0.25) is 0 Å². The number of benzene rings is 2. The molecule has 0 aliphatic carbocycles. The van der Waals surface area contributed by atoms with Crippen LogP contribution in [0.5, 0.6) is 11.5 Å². The third-order valence-electron chi connectivity index (χ3n) is 4.23. The standard InChI is InChI=1S/C19H19NO4/c1-12-15(11-21)14-6-4-5-7-16(14)20(12)19(22)13-8-9-17(23-2)18(10-13)24-3/h4-10,21H,11H2,1-3H3. The van der Waals surface area contributed by atoms with Gasteiger partial charge in [0, 0.05) is 22.2 Å². The highest BCUT2D eigenvalue weighted by molar-refractivity contribution is 6.04. The first-order chi connectivity index (χ1) is 11.6. The maximum Gasteiger partial charge on any atom is 0.262 e. The lowest BCUT2D eigenvalue weighted by Crippen LogP contribution is -2.14. The maximum absolute atomic E-state index is 13.1. The van der Waals surface area contributed by atoms with Gasteiger partial charge in [-0.3, -0.25) is 9.36 Å². The largest absolute Gasteiger partial charge is 0.493 e. The van der Waals surface area contributed by atoms with E-state index in [9.17, 15) is 9.90 Å². The number of fused-ring (bicyclic) bond motifs is 1. The summed E-state index contributed by atoms with van der Waals surface area (Å²) in [6, 6.07) is 12.6. The fourth-order valence-electron chi connectivity index (χ4n) is 2.99. The van der Waals surface area contributed by atoms with E-state index in [2.05, 4.69) is 0 Å². The lowest BCUT2D eigenvalue weighted by molar-refractivity contribution is 0.0962. The Labute approximate surface area is 140 Å². The highest BCUT2D eigenvalue weighted by Gasteiger charge is 2.20. The van der Waals surface area contributed by atoms with Crippen molar-refractivity contribution in [1.29, 1.82) is 0 Å². The Kier molecular flexibility index (Phi) is 4.27. The van der Waals surface area contributed by atoms with Gasteiger partial charge >= 0.3 is 0 Å². The van der Waals surface area contributed by atoms with Crippen LogP contribution < -0.4 is 9.47 Å². The molecule has 5 nitrogen and oxygen atoms in total. The zero-order chi connectivity index (χ0) is 17.3. The van der Waals surface area contributed by atoms with E-state index in [4.69, 9.17) is 9.47 Å². The fourth-order valence-corrected chi connectivity index (χ4v) is 2.99. The van der Waals surface area contributed by atoms with E-state index < -0.39 is 0 Å². The number of hydrogen-bond donors (Lipinski definition) is 1. The average molecular weight is 325 g/mol. The van der Waals surface area contributed by atoms with Crippen molar-refractivity contribution in [2.24, 2.45) is 0 Å². The van der Waals surface area contributed by atoms with Crippen LogP contribution in [0.4, 0.5) is 0 Å². The minimum absolute atomic E-state index is 0.113. The van der Waals surface area contributed by atoms with Gasteiger partial charge in [0.15, 0.2) is 11.5 Å². The zero-order valence-electron chi connectivity index (χ0n) is 13.9. The number of hydrogen-bond acceptors (Lipinski definition) is 4. The second-order valence-electron chi connectivity index (χ2n) is 5.45. The molecular formula is C19H19NO4. The molecule has 3 aromatic rings. The van der Waals surface area contributed by atoms with E-state index in [0.717, 1.165) is 22.2 Å². The number of methoxy groups -OCH3 is 2. The number of aliphatic hydroxyl groups excluding tert-OH is 1. The third-order valence-corrected chi connectivity index (χ3v) is 4.23. The van der Waals surface area contributed by atoms with Gasteiger partial charge < -0.3 is 14.6 Å². The van der Waals surface area contributed by atoms with Gasteiger partial charge in [-0.25, -0.2) is 0 Å². The molecule has 0 atom stereocenters. The first kappa shape index (κ1) is 16.1. The number of nitrogens with zero attached hydrogens (tertiary/aromatic N) is 1. The molecule has 1 heterocycles. The first-order valence-electron chi connectivity index (χ1n) is 7.58. The molecule has 5 heteroatoms. The van der Waals surface area contributed by atoms with Crippen LogP contribution in [-0.4, -0.2) is 29.8 Å². The highest BCUT2D eigenvalue weighted by Crippen LogP contribution is 2.30. The number of ether oxygens (including phenoxy) is 2. The monoisotopic (exact) mass is 325 g/mol. The van der Waals surface area contributed by atoms with Gasteiger partial charge in [0.05, 0.1) is 26.3 Å². The van der Waals surface area contributed by atoms with E-state index in [1.54, 1.807) is 29.9 Å². The Morgan fingerprint density at radius 1 is 1.08 bits per heavy atom. The number of carbonyl (C=O) groups is 1. The maximum atomic E-state index is 13.1. The van der Waals surface area contributed by atoms with Gasteiger partial charge in [-0.15, -0.1) is 0 Å². The van der Waals surface area contributed by atoms with Crippen LogP contribution in [0.3, 0.4) is 0 Å². The van der Waals surface area contributed by atoms with Crippen molar-refractivity contribution in [3.8, 4) is 11.5 Å². The van der Waals surface area contributed by atoms with E-state index >= 15 is 0 Å². The summed E-state index contributed by atoms with van der Waals surface area (Å²) in [6.45, 7) is 1.72. The van der Waals surface area contributed by atoms with Crippen LogP contribution in [0.1, 0.15) is 21.6 Å². The second-order valence-corrected chi connectivity index (χ2v) is 5.45. The van der Waals surface area contributed by atoms with Crippen molar-refractivity contribution in [2.45, 2.75) is 13.5 Å². The average Bonchev–Trinajstić information content (AvgIpc) is 2.91. The molecule has 0 unspecified atom stereocenters. The fraction of sp³-hybridized carbons (Fsp3) is 0.211. The molecule has 0 saturated carbocycles. The van der Waals surface area contributed by atoms with Gasteiger partial charge in [0.25, 0.3) is 5.91 Å². The molecule has 2 aromatic carbocycles. The van der Waals surface area contributed by atoms with Crippen molar-refractivity contribution in [3.63, 3.8) is 0 Å². The van der Waals surface area contributed by atoms with Crippen molar-refractivity contribution in [1.82, 2.24) is 4.57 Å². The predicted octanol–water partition coefficient (Wildman–Crippen LogP) is 3.15. The predicted molar refractivity (Wildman–Crippen MR) is 91.9 cm³/mol. The van der Waals surface area contributed by atoms with Crippen LogP contribution in [0.25, 0.3) is 10.9 Å². The summed E-state index contributed by atoms with van der Waals surface area (Å²) in [5.41, 5.74) is 2.76. The molecule has 1 aromatic heterocycles. The summed E-state index contributed by atoms with van der Waals surface area (Å²) in [5.74, 6) is 0.892. The number of carbonyl (C=O) groups excluding carboxylic acids is 1. The van der Waals surface area contributed by atoms with Crippen molar-refractivity contribution in [2.75, 3.05) is 14.2 Å². The lowest BCUT2D eigenvalue weighted by atomic mass is 10.1. The van der Waals surface area contributed by atoms with Crippen LogP contribution in [0.2, 0.25) is 0 Å². The summed E-state index contributed by atoms with van der Waals surface area (Å²) in [7, 11) is 3.09. The van der Waals surface area contributed by atoms with Crippen LogP contribution in [-0.2, 0) is 6.61 Å². The first-order valence-corrected chi connectivity index (χ1v) is 7.58. The minimum Gasteiger partial charge on any atom is -0.493 e. The molecule has 1 N–H and O–H groups in total. The summed E-state index contributed by atoms with van der Waals surface area (Å²) in [6.07, 6.45) is 0. The Morgan fingerprint density at radius 2 is 1.79 bits per heavy atom. The Bertz CT molecular complexity index is 911. The highest BCUT2D eigenvalue weighted by atomic mass is 16.5. The number of aromatic nitrogens is 1. The van der Waals surface area contributed by atoms with Crippen LogP contribution >= 0.6 is 0 Å². The number of aliphatic hydroxyl groups is 1. The summed E-state index contributed by atoms with van der Waals surface area (Å²) in [5, 5.41) is 10.6. The summed E-state index contributed by atoms with van der Waals surface area (Å²) < 4.78 is 12.1. The second kappa shape index (κ2) is 6.37.